The maximum atomic E-state index is 15.8. The number of hydrogen-bond donors (Lipinski definition) is 3. The Bertz CT molecular complexity index is 988. The fourth-order valence-corrected chi connectivity index (χ4v) is 4.69. The van der Waals surface area contributed by atoms with Crippen LogP contribution in [0.15, 0.2) is 30.3 Å². The Morgan fingerprint density at radius 3 is 2.36 bits per heavy atom. The smallest absolute Gasteiger partial charge is 0.246 e. The van der Waals surface area contributed by atoms with Crippen LogP contribution in [0.5, 0.6) is 0 Å². The molecule has 1 atom stereocenters. The molecule has 2 heterocycles. The predicted molar refractivity (Wildman–Crippen MR) is 130 cm³/mol. The van der Waals surface area contributed by atoms with Crippen molar-refractivity contribution in [2.75, 3.05) is 47.0 Å². The number of hydrogen-bond acceptors (Lipinski definition) is 5. The van der Waals surface area contributed by atoms with Gasteiger partial charge in [0, 0.05) is 38.8 Å². The molecule has 0 radical (unpaired) electrons. The van der Waals surface area contributed by atoms with Crippen molar-refractivity contribution in [3.8, 4) is 0 Å². The molecule has 0 unspecified atom stereocenters. The molecule has 2 aromatic rings. The number of anilines is 4. The zero-order chi connectivity index (χ0) is 23.5. The number of nitrogens with zero attached hydrogens (tertiary/aromatic N) is 2. The Morgan fingerprint density at radius 1 is 1.06 bits per heavy atom. The number of likely N-dealkylation sites (tertiary alicyclic amines) is 1. The minimum Gasteiger partial charge on any atom is -0.378 e. The molecule has 0 aromatic heterocycles. The van der Waals surface area contributed by atoms with Crippen molar-refractivity contribution in [3.05, 3.63) is 47.5 Å². The summed E-state index contributed by atoms with van der Waals surface area (Å²) in [6.45, 7) is 8.99. The average molecular weight is 458 g/mol. The summed E-state index contributed by atoms with van der Waals surface area (Å²) >= 11 is 0. The van der Waals surface area contributed by atoms with Gasteiger partial charge in [-0.25, -0.2) is 8.78 Å². The lowest BCUT2D eigenvalue weighted by Crippen LogP contribution is -2.40. The number of fused-ring (bicyclic) bond motifs is 1. The van der Waals surface area contributed by atoms with Crippen LogP contribution in [-0.4, -0.2) is 49.1 Å². The van der Waals surface area contributed by atoms with Gasteiger partial charge in [-0.15, -0.1) is 0 Å². The number of rotatable bonds is 7. The number of halogens is 2. The summed E-state index contributed by atoms with van der Waals surface area (Å²) in [5, 5.41) is 8.97. The second-order valence-electron chi connectivity index (χ2n) is 8.81. The lowest BCUT2D eigenvalue weighted by Gasteiger charge is -2.35. The van der Waals surface area contributed by atoms with Gasteiger partial charge in [0.15, 0.2) is 11.6 Å². The monoisotopic (exact) mass is 457 g/mol. The number of benzene rings is 2. The number of carbonyl (C=O) groups is 1. The maximum absolute atomic E-state index is 15.8. The van der Waals surface area contributed by atoms with E-state index in [9.17, 15) is 4.79 Å². The van der Waals surface area contributed by atoms with Crippen molar-refractivity contribution in [1.29, 1.82) is 0 Å². The fraction of sp³-hybridized carbons (Fsp3) is 0.480. The van der Waals surface area contributed by atoms with E-state index in [4.69, 9.17) is 0 Å². The molecular weight excluding hydrogens is 424 g/mol. The molecule has 0 aliphatic carbocycles. The highest BCUT2D eigenvalue weighted by molar-refractivity contribution is 6.07. The zero-order valence-electron chi connectivity index (χ0n) is 19.5. The first-order valence-corrected chi connectivity index (χ1v) is 11.8. The Hall–Kier alpha value is -2.87. The van der Waals surface area contributed by atoms with Gasteiger partial charge in [-0.2, -0.15) is 0 Å². The number of nitrogens with one attached hydrogen (secondary N) is 3. The molecule has 8 heteroatoms. The van der Waals surface area contributed by atoms with Crippen molar-refractivity contribution in [3.63, 3.8) is 0 Å². The maximum Gasteiger partial charge on any atom is 0.246 e. The number of piperidine rings is 1. The van der Waals surface area contributed by atoms with Crippen molar-refractivity contribution >= 4 is 28.7 Å². The molecule has 1 fully saturated rings. The highest BCUT2D eigenvalue weighted by atomic mass is 19.1. The topological polar surface area (TPSA) is 59.6 Å². The summed E-state index contributed by atoms with van der Waals surface area (Å²) < 4.78 is 31.2. The van der Waals surface area contributed by atoms with Crippen LogP contribution in [0, 0.1) is 11.6 Å². The molecule has 4 rings (SSSR count). The van der Waals surface area contributed by atoms with Gasteiger partial charge in [-0.1, -0.05) is 30.3 Å². The van der Waals surface area contributed by atoms with E-state index in [1.807, 2.05) is 32.0 Å². The van der Waals surface area contributed by atoms with Crippen LogP contribution in [-0.2, 0) is 11.3 Å². The summed E-state index contributed by atoms with van der Waals surface area (Å²) in [6.07, 6.45) is 1.66. The van der Waals surface area contributed by atoms with E-state index in [1.165, 1.54) is 5.56 Å². The SMILES string of the molecule is CCN(CC)c1c(F)c(NC2CCN(Cc3ccccc3)CC2)c2c(c1F)N[C@@H](C)C(=O)N2. The number of carbonyl (C=O) groups excluding carboxylic acids is 1. The molecule has 1 saturated heterocycles. The molecule has 33 heavy (non-hydrogen) atoms. The highest BCUT2D eigenvalue weighted by Crippen LogP contribution is 2.45. The van der Waals surface area contributed by atoms with Gasteiger partial charge >= 0.3 is 0 Å². The summed E-state index contributed by atoms with van der Waals surface area (Å²) in [4.78, 5) is 16.4. The molecule has 3 N–H and O–H groups in total. The van der Waals surface area contributed by atoms with Crippen LogP contribution >= 0.6 is 0 Å². The second-order valence-corrected chi connectivity index (χ2v) is 8.81. The molecule has 0 saturated carbocycles. The first-order chi connectivity index (χ1) is 15.9. The Balaban J connectivity index is 1.57. The quantitative estimate of drug-likeness (QED) is 0.566. The fourth-order valence-electron chi connectivity index (χ4n) is 4.69. The standard InChI is InChI=1S/C25H33F2N5O/c1-4-32(5-2)24-19(26)21-23(30-25(33)16(3)28-21)22(20(24)27)29-18-11-13-31(14-12-18)15-17-9-7-6-8-10-17/h6-10,16,18,28-29H,4-5,11-15H2,1-3H3,(H,30,33)/t16-/m0/s1. The molecule has 2 aliphatic heterocycles. The van der Waals surface area contributed by atoms with Gasteiger partial charge in [0.25, 0.3) is 0 Å². The summed E-state index contributed by atoms with van der Waals surface area (Å²) in [7, 11) is 0. The van der Waals surface area contributed by atoms with Crippen LogP contribution in [0.2, 0.25) is 0 Å². The van der Waals surface area contributed by atoms with Crippen LogP contribution in [0.4, 0.5) is 31.5 Å². The third kappa shape index (κ3) is 4.76. The van der Waals surface area contributed by atoms with E-state index in [0.717, 1.165) is 32.5 Å². The average Bonchev–Trinajstić information content (AvgIpc) is 2.82. The first kappa shape index (κ1) is 23.3. The van der Waals surface area contributed by atoms with Gasteiger partial charge in [-0.05, 0) is 39.2 Å². The first-order valence-electron chi connectivity index (χ1n) is 11.8. The zero-order valence-corrected chi connectivity index (χ0v) is 19.5. The van der Waals surface area contributed by atoms with Crippen molar-refractivity contribution < 1.29 is 13.6 Å². The Labute approximate surface area is 194 Å². The van der Waals surface area contributed by atoms with Gasteiger partial charge in [0.2, 0.25) is 5.91 Å². The van der Waals surface area contributed by atoms with Crippen LogP contribution in [0.25, 0.3) is 0 Å². The van der Waals surface area contributed by atoms with Crippen molar-refractivity contribution in [2.24, 2.45) is 0 Å². The molecule has 0 bridgehead atoms. The second kappa shape index (κ2) is 9.95. The van der Waals surface area contributed by atoms with Crippen LogP contribution in [0.3, 0.4) is 0 Å². The van der Waals surface area contributed by atoms with E-state index >= 15 is 8.78 Å². The minimum absolute atomic E-state index is 0.0295. The van der Waals surface area contributed by atoms with Crippen molar-refractivity contribution in [2.45, 2.75) is 52.2 Å². The molecule has 178 valence electrons. The largest absolute Gasteiger partial charge is 0.378 e. The summed E-state index contributed by atoms with van der Waals surface area (Å²) in [6, 6.07) is 9.77. The molecule has 2 aliphatic rings. The van der Waals surface area contributed by atoms with Crippen LogP contribution < -0.4 is 20.9 Å². The van der Waals surface area contributed by atoms with Gasteiger partial charge in [-0.3, -0.25) is 9.69 Å². The highest BCUT2D eigenvalue weighted by Gasteiger charge is 2.34. The third-order valence-corrected chi connectivity index (χ3v) is 6.62. The normalized spacial score (nSPS) is 18.9. The van der Waals surface area contributed by atoms with E-state index in [2.05, 4.69) is 33.0 Å². The Morgan fingerprint density at radius 2 is 1.73 bits per heavy atom. The predicted octanol–water partition coefficient (Wildman–Crippen LogP) is 4.64. The van der Waals surface area contributed by atoms with E-state index in [0.29, 0.717) is 13.1 Å². The number of amides is 1. The molecule has 2 aromatic carbocycles. The van der Waals surface area contributed by atoms with E-state index in [1.54, 1.807) is 11.8 Å². The summed E-state index contributed by atoms with van der Waals surface area (Å²) in [5.41, 5.74) is 1.70. The lowest BCUT2D eigenvalue weighted by atomic mass is 10.0. The van der Waals surface area contributed by atoms with Gasteiger partial charge in [0.05, 0.1) is 17.1 Å². The molecule has 6 nitrogen and oxygen atoms in total. The van der Waals surface area contributed by atoms with E-state index in [-0.39, 0.29) is 34.7 Å². The minimum atomic E-state index is -0.665. The van der Waals surface area contributed by atoms with Crippen molar-refractivity contribution in [1.82, 2.24) is 4.90 Å². The van der Waals surface area contributed by atoms with Gasteiger partial charge in [0.1, 0.15) is 11.7 Å². The lowest BCUT2D eigenvalue weighted by molar-refractivity contribution is -0.116. The van der Waals surface area contributed by atoms with Gasteiger partial charge < -0.3 is 20.9 Å². The molecular formula is C25H33F2N5O. The van der Waals surface area contributed by atoms with Crippen LogP contribution in [0.1, 0.15) is 39.2 Å². The molecule has 0 spiro atoms. The summed E-state index contributed by atoms with van der Waals surface area (Å²) in [5.74, 6) is -1.63. The Kier molecular flexibility index (Phi) is 7.02. The van der Waals surface area contributed by atoms with E-state index < -0.39 is 17.7 Å². The third-order valence-electron chi connectivity index (χ3n) is 6.62. The molecule has 1 amide bonds.